The molecule has 0 spiro atoms. The maximum absolute atomic E-state index is 14.3. The second-order valence-corrected chi connectivity index (χ2v) is 5.84. The molecule has 5 nitrogen and oxygen atoms in total. The fraction of sp³-hybridized carbons (Fsp3) is 0.0476. The molecule has 0 saturated carbocycles. The summed E-state index contributed by atoms with van der Waals surface area (Å²) in [4.78, 5) is 23.5. The third kappa shape index (κ3) is 4.32. The van der Waals surface area contributed by atoms with E-state index in [1.54, 1.807) is 12.1 Å². The van der Waals surface area contributed by atoms with Crippen LogP contribution in [0, 0.1) is 11.6 Å². The van der Waals surface area contributed by atoms with Gasteiger partial charge in [0.25, 0.3) is 5.91 Å². The summed E-state index contributed by atoms with van der Waals surface area (Å²) < 4.78 is 34.0. The molecular weight excluding hydrogens is 368 g/mol. The van der Waals surface area contributed by atoms with Crippen LogP contribution < -0.4 is 10.1 Å². The highest BCUT2D eigenvalue weighted by atomic mass is 19.1. The van der Waals surface area contributed by atoms with Gasteiger partial charge < -0.3 is 15.2 Å². The Morgan fingerprint density at radius 3 is 2.07 bits per heavy atom. The molecule has 0 aliphatic carbocycles. The number of carboxylic acids is 1. The normalized spacial score (nSPS) is 10.4. The first-order chi connectivity index (χ1) is 13.5. The zero-order valence-corrected chi connectivity index (χ0v) is 14.5. The van der Waals surface area contributed by atoms with E-state index in [0.29, 0.717) is 0 Å². The van der Waals surface area contributed by atoms with Crippen molar-refractivity contribution >= 4 is 17.6 Å². The number of hydrogen-bond acceptors (Lipinski definition) is 3. The number of ether oxygens (including phenoxy) is 1. The predicted octanol–water partition coefficient (Wildman–Crippen LogP) is 4.49. The summed E-state index contributed by atoms with van der Waals surface area (Å²) >= 11 is 0. The summed E-state index contributed by atoms with van der Waals surface area (Å²) in [7, 11) is 0. The van der Waals surface area contributed by atoms with Gasteiger partial charge in [-0.1, -0.05) is 42.5 Å². The van der Waals surface area contributed by atoms with Crippen molar-refractivity contribution in [2.75, 3.05) is 5.32 Å². The zero-order valence-electron chi connectivity index (χ0n) is 14.5. The monoisotopic (exact) mass is 383 g/mol. The highest BCUT2D eigenvalue weighted by Crippen LogP contribution is 2.26. The highest BCUT2D eigenvalue weighted by molar-refractivity contribution is 6.10. The van der Waals surface area contributed by atoms with Crippen LogP contribution in [0.25, 0.3) is 0 Å². The molecule has 0 aliphatic heterocycles. The van der Waals surface area contributed by atoms with E-state index in [4.69, 9.17) is 9.84 Å². The number of rotatable bonds is 6. The number of aromatic carboxylic acids is 1. The van der Waals surface area contributed by atoms with Crippen molar-refractivity contribution < 1.29 is 28.2 Å². The Balaban J connectivity index is 1.78. The zero-order chi connectivity index (χ0) is 20.1. The van der Waals surface area contributed by atoms with Crippen LogP contribution in [0.2, 0.25) is 0 Å². The molecule has 0 aromatic heterocycles. The lowest BCUT2D eigenvalue weighted by atomic mass is 10.1. The number of carboxylic acid groups (broad SMARTS) is 1. The molecule has 28 heavy (non-hydrogen) atoms. The van der Waals surface area contributed by atoms with Gasteiger partial charge in [0, 0.05) is 12.1 Å². The Hall–Kier alpha value is -3.74. The van der Waals surface area contributed by atoms with E-state index in [1.807, 2.05) is 18.2 Å². The molecule has 0 unspecified atom stereocenters. The van der Waals surface area contributed by atoms with Crippen molar-refractivity contribution in [2.24, 2.45) is 0 Å². The number of anilines is 1. The van der Waals surface area contributed by atoms with Gasteiger partial charge in [-0.15, -0.1) is 0 Å². The van der Waals surface area contributed by atoms with E-state index < -0.39 is 29.2 Å². The summed E-state index contributed by atoms with van der Waals surface area (Å²) in [5.74, 6) is -4.37. The molecule has 0 bridgehead atoms. The molecule has 1 amide bonds. The summed E-state index contributed by atoms with van der Waals surface area (Å²) in [5, 5.41) is 11.2. The predicted molar refractivity (Wildman–Crippen MR) is 98.5 cm³/mol. The number of halogens is 2. The lowest BCUT2D eigenvalue weighted by Crippen LogP contribution is -2.18. The topological polar surface area (TPSA) is 75.6 Å². The van der Waals surface area contributed by atoms with Crippen LogP contribution in [-0.2, 0) is 6.61 Å². The molecule has 0 radical (unpaired) electrons. The van der Waals surface area contributed by atoms with Crippen molar-refractivity contribution in [1.82, 2.24) is 0 Å². The molecule has 0 heterocycles. The Morgan fingerprint density at radius 1 is 0.893 bits per heavy atom. The average Bonchev–Trinajstić information content (AvgIpc) is 2.69. The minimum absolute atomic E-state index is 0.0391. The van der Waals surface area contributed by atoms with E-state index in [1.165, 1.54) is 24.3 Å². The molecule has 0 atom stereocenters. The van der Waals surface area contributed by atoms with E-state index in [2.05, 4.69) is 5.32 Å². The van der Waals surface area contributed by atoms with Crippen molar-refractivity contribution in [1.29, 1.82) is 0 Å². The van der Waals surface area contributed by atoms with Gasteiger partial charge in [0.1, 0.15) is 18.0 Å². The molecule has 0 fully saturated rings. The second-order valence-electron chi connectivity index (χ2n) is 5.84. The first-order valence-corrected chi connectivity index (χ1v) is 8.25. The molecular formula is C21H15F2NO4. The average molecular weight is 383 g/mol. The fourth-order valence-electron chi connectivity index (χ4n) is 2.54. The highest BCUT2D eigenvalue weighted by Gasteiger charge is 2.20. The van der Waals surface area contributed by atoms with Crippen LogP contribution in [0.4, 0.5) is 14.5 Å². The molecule has 142 valence electrons. The first kappa shape index (κ1) is 19.0. The number of amides is 1. The van der Waals surface area contributed by atoms with Crippen molar-refractivity contribution in [3.05, 3.63) is 95.1 Å². The summed E-state index contributed by atoms with van der Waals surface area (Å²) in [6.45, 7) is 0.122. The second kappa shape index (κ2) is 8.30. The molecule has 0 saturated heterocycles. The third-order valence-electron chi connectivity index (χ3n) is 3.90. The summed E-state index contributed by atoms with van der Waals surface area (Å²) in [6, 6.07) is 16.4. The van der Waals surface area contributed by atoms with Crippen LogP contribution in [-0.4, -0.2) is 17.0 Å². The van der Waals surface area contributed by atoms with E-state index in [9.17, 15) is 18.4 Å². The third-order valence-corrected chi connectivity index (χ3v) is 3.90. The summed E-state index contributed by atoms with van der Waals surface area (Å²) in [5.41, 5.74) is -0.343. The number of benzene rings is 3. The number of hydrogen-bond donors (Lipinski definition) is 2. The van der Waals surface area contributed by atoms with Gasteiger partial charge in [0.05, 0.1) is 11.1 Å². The number of carbonyl (C=O) groups is 2. The van der Waals surface area contributed by atoms with E-state index in [-0.39, 0.29) is 23.5 Å². The Kier molecular flexibility index (Phi) is 5.64. The Labute approximate surface area is 159 Å². The molecule has 7 heteroatoms. The standard InChI is InChI=1S/C21H15F2NO4/c22-17-10-14(28-12-13-6-2-1-3-7-13)11-18(23)19(17)24-20(25)15-8-4-5-9-16(15)21(26)27/h1-11H,12H2,(H,24,25)(H,26,27). The lowest BCUT2D eigenvalue weighted by molar-refractivity contribution is 0.0692. The molecule has 3 aromatic rings. The van der Waals surface area contributed by atoms with Gasteiger partial charge in [-0.2, -0.15) is 0 Å². The van der Waals surface area contributed by atoms with Crippen LogP contribution in [0.5, 0.6) is 5.75 Å². The Bertz CT molecular complexity index is 999. The van der Waals surface area contributed by atoms with Crippen LogP contribution in [0.3, 0.4) is 0 Å². The minimum atomic E-state index is -1.32. The van der Waals surface area contributed by atoms with Crippen molar-refractivity contribution in [3.63, 3.8) is 0 Å². The van der Waals surface area contributed by atoms with Gasteiger partial charge in [-0.25, -0.2) is 13.6 Å². The number of nitrogens with one attached hydrogen (secondary N) is 1. The van der Waals surface area contributed by atoms with Gasteiger partial charge in [-0.05, 0) is 17.7 Å². The maximum Gasteiger partial charge on any atom is 0.336 e. The van der Waals surface area contributed by atoms with E-state index >= 15 is 0 Å². The van der Waals surface area contributed by atoms with Crippen LogP contribution in [0.1, 0.15) is 26.3 Å². The largest absolute Gasteiger partial charge is 0.489 e. The smallest absolute Gasteiger partial charge is 0.336 e. The fourth-order valence-corrected chi connectivity index (χ4v) is 2.54. The maximum atomic E-state index is 14.3. The molecule has 3 aromatic carbocycles. The van der Waals surface area contributed by atoms with Crippen molar-refractivity contribution in [2.45, 2.75) is 6.61 Å². The van der Waals surface area contributed by atoms with E-state index in [0.717, 1.165) is 17.7 Å². The molecule has 2 N–H and O–H groups in total. The van der Waals surface area contributed by atoms with Crippen LogP contribution in [0.15, 0.2) is 66.7 Å². The first-order valence-electron chi connectivity index (χ1n) is 8.25. The van der Waals surface area contributed by atoms with Gasteiger partial charge in [0.15, 0.2) is 11.6 Å². The van der Waals surface area contributed by atoms with Gasteiger partial charge in [0.2, 0.25) is 0 Å². The quantitative estimate of drug-likeness (QED) is 0.657. The molecule has 0 aliphatic rings. The van der Waals surface area contributed by atoms with Crippen molar-refractivity contribution in [3.8, 4) is 5.75 Å². The summed E-state index contributed by atoms with van der Waals surface area (Å²) in [6.07, 6.45) is 0. The van der Waals surface area contributed by atoms with Gasteiger partial charge in [-0.3, -0.25) is 4.79 Å². The SMILES string of the molecule is O=C(O)c1ccccc1C(=O)Nc1c(F)cc(OCc2ccccc2)cc1F. The van der Waals surface area contributed by atoms with Gasteiger partial charge >= 0.3 is 5.97 Å². The minimum Gasteiger partial charge on any atom is -0.489 e. The lowest BCUT2D eigenvalue weighted by Gasteiger charge is -2.12. The van der Waals surface area contributed by atoms with Crippen LogP contribution >= 0.6 is 0 Å². The Morgan fingerprint density at radius 2 is 1.46 bits per heavy atom. The number of carbonyl (C=O) groups excluding carboxylic acids is 1. The molecule has 3 rings (SSSR count).